The highest BCUT2D eigenvalue weighted by atomic mass is 35.5. The van der Waals surface area contributed by atoms with Gasteiger partial charge in [0.05, 0.1) is 5.88 Å². The Morgan fingerprint density at radius 2 is 1.93 bits per heavy atom. The highest BCUT2D eigenvalue weighted by Crippen LogP contribution is 2.32. The molecule has 0 aliphatic heterocycles. The number of methoxy groups -OCH3 is 2. The van der Waals surface area contributed by atoms with E-state index in [0.717, 1.165) is 0 Å². The number of hydrogen-bond donors (Lipinski definition) is 0. The molecule has 0 rings (SSSR count). The minimum atomic E-state index is -1.69. The highest BCUT2D eigenvalue weighted by Gasteiger charge is 2.30. The fourth-order valence-electron chi connectivity index (χ4n) is 0.905. The summed E-state index contributed by atoms with van der Waals surface area (Å²) in [4.78, 5) is 0. The second-order valence-electron chi connectivity index (χ2n) is 2.79. The first kappa shape index (κ1) is 14.3. The molecule has 0 aromatic rings. The quantitative estimate of drug-likeness (QED) is 0.373. The second-order valence-corrected chi connectivity index (χ2v) is 4.88. The maximum atomic E-state index is 11.4. The molecule has 14 heavy (non-hydrogen) atoms. The van der Waals surface area contributed by atoms with Gasteiger partial charge in [0, 0.05) is 20.6 Å². The summed E-state index contributed by atoms with van der Waals surface area (Å²) in [5, 5.41) is 0. The van der Waals surface area contributed by atoms with E-state index in [9.17, 15) is 4.57 Å². The van der Waals surface area contributed by atoms with E-state index in [-0.39, 0.29) is 11.9 Å². The fraction of sp³-hybridized carbons (Fsp3) is 1.00. The maximum absolute atomic E-state index is 11.4. The molecule has 84 valence electrons. The van der Waals surface area contributed by atoms with Crippen molar-refractivity contribution in [1.29, 1.82) is 0 Å². The number of rotatable bonds is 8. The Hall–Kier alpha value is 0.270. The molecule has 0 saturated heterocycles. The Morgan fingerprint density at radius 1 is 1.36 bits per heavy atom. The van der Waals surface area contributed by atoms with Crippen molar-refractivity contribution in [1.82, 2.24) is 0 Å². The van der Waals surface area contributed by atoms with Crippen LogP contribution in [0.5, 0.6) is 0 Å². The van der Waals surface area contributed by atoms with Crippen LogP contribution in [0.15, 0.2) is 0 Å². The average Bonchev–Trinajstić information content (AvgIpc) is 2.21. The van der Waals surface area contributed by atoms with E-state index in [4.69, 9.17) is 25.6 Å². The molecule has 0 aliphatic rings. The van der Waals surface area contributed by atoms with Crippen LogP contribution >= 0.6 is 19.6 Å². The molecule has 0 saturated carbocycles. The summed E-state index contributed by atoms with van der Waals surface area (Å²) in [6, 6.07) is 0. The van der Waals surface area contributed by atoms with Gasteiger partial charge in [0.25, 0.3) is 0 Å². The van der Waals surface area contributed by atoms with Gasteiger partial charge in [-0.15, -0.1) is 16.1 Å². The highest BCUT2D eigenvalue weighted by molar-refractivity contribution is 7.40. The van der Waals surface area contributed by atoms with E-state index >= 15 is 0 Å². The minimum absolute atomic E-state index is 0.0990. The Kier molecular flexibility index (Phi) is 8.73. The molecule has 6 heteroatoms. The monoisotopic (exact) mass is 243 g/mol. The van der Waals surface area contributed by atoms with Crippen molar-refractivity contribution in [2.24, 2.45) is 0 Å². The first-order chi connectivity index (χ1) is 6.65. The summed E-state index contributed by atoms with van der Waals surface area (Å²) in [6.07, 6.45) is 0.216. The molecule has 0 aliphatic carbocycles. The van der Waals surface area contributed by atoms with Crippen LogP contribution in [-0.2, 0) is 18.6 Å². The third kappa shape index (κ3) is 5.89. The summed E-state index contributed by atoms with van der Waals surface area (Å²) < 4.78 is 26.4. The molecule has 0 amide bonds. The van der Waals surface area contributed by atoms with Crippen LogP contribution in [0.4, 0.5) is 0 Å². The zero-order valence-corrected chi connectivity index (χ0v) is 10.4. The van der Waals surface area contributed by atoms with Crippen LogP contribution < -0.4 is 0 Å². The predicted molar refractivity (Wildman–Crippen MR) is 56.2 cm³/mol. The maximum Gasteiger partial charge on any atom is 0.511 e. The van der Waals surface area contributed by atoms with Gasteiger partial charge in [-0.2, -0.15) is 0 Å². The molecule has 0 spiro atoms. The topological polar surface area (TPSA) is 44.8 Å². The van der Waals surface area contributed by atoms with Crippen LogP contribution in [-0.4, -0.2) is 38.7 Å². The predicted octanol–water partition coefficient (Wildman–Crippen LogP) is 2.38. The van der Waals surface area contributed by atoms with E-state index in [1.54, 1.807) is 14.2 Å². The van der Waals surface area contributed by atoms with Gasteiger partial charge in [0.2, 0.25) is 0 Å². The molecule has 0 fully saturated rings. The molecular weight excluding hydrogens is 227 g/mol. The van der Waals surface area contributed by atoms with Crippen LogP contribution in [0, 0.1) is 0 Å². The Labute approximate surface area is 90.7 Å². The van der Waals surface area contributed by atoms with Crippen molar-refractivity contribution < 1.29 is 18.6 Å². The molecule has 0 aromatic carbocycles. The lowest BCUT2D eigenvalue weighted by Gasteiger charge is -2.12. The lowest BCUT2D eigenvalue weighted by Crippen LogP contribution is -2.18. The van der Waals surface area contributed by atoms with Gasteiger partial charge in [-0.1, -0.05) is 0 Å². The van der Waals surface area contributed by atoms with Crippen molar-refractivity contribution in [3.8, 4) is 0 Å². The number of halogens is 1. The van der Waals surface area contributed by atoms with Crippen molar-refractivity contribution in [2.45, 2.75) is 25.3 Å². The minimum Gasteiger partial charge on any atom is -0.356 e. The average molecular weight is 244 g/mol. The lowest BCUT2D eigenvalue weighted by molar-refractivity contribution is -0.106. The van der Waals surface area contributed by atoms with E-state index in [1.165, 1.54) is 0 Å². The normalized spacial score (nSPS) is 14.5. The van der Waals surface area contributed by atoms with Crippen molar-refractivity contribution in [2.75, 3.05) is 26.7 Å². The van der Waals surface area contributed by atoms with Gasteiger partial charge in [-0.25, -0.2) is 0 Å². The fourth-order valence-corrected chi connectivity index (χ4v) is 1.96. The van der Waals surface area contributed by atoms with Gasteiger partial charge in [-0.05, 0) is 11.5 Å². The Bertz CT molecular complexity index is 163. The molecule has 4 nitrogen and oxygen atoms in total. The first-order valence-electron chi connectivity index (χ1n) is 4.36. The molecule has 2 unspecified atom stereocenters. The van der Waals surface area contributed by atoms with Crippen molar-refractivity contribution in [3.63, 3.8) is 0 Å². The zero-order valence-electron chi connectivity index (χ0n) is 8.73. The summed E-state index contributed by atoms with van der Waals surface area (Å²) in [5.41, 5.74) is -0.0990. The summed E-state index contributed by atoms with van der Waals surface area (Å²) in [7, 11) is 1.41. The van der Waals surface area contributed by atoms with Crippen LogP contribution in [0.1, 0.15) is 13.3 Å². The molecule has 2 atom stereocenters. The zero-order chi connectivity index (χ0) is 11.0. The van der Waals surface area contributed by atoms with Gasteiger partial charge >= 0.3 is 8.03 Å². The molecule has 0 aromatic heterocycles. The summed E-state index contributed by atoms with van der Waals surface area (Å²) in [5.74, 6) is 0.353. The summed E-state index contributed by atoms with van der Waals surface area (Å²) >= 11 is 5.41. The third-order valence-electron chi connectivity index (χ3n) is 1.71. The van der Waals surface area contributed by atoms with Crippen molar-refractivity contribution in [3.05, 3.63) is 0 Å². The van der Waals surface area contributed by atoms with E-state index < -0.39 is 8.03 Å². The van der Waals surface area contributed by atoms with Crippen LogP contribution in [0.25, 0.3) is 0 Å². The first-order valence-corrected chi connectivity index (χ1v) is 6.14. The van der Waals surface area contributed by atoms with Crippen LogP contribution in [0.2, 0.25) is 0 Å². The number of ether oxygens (including phenoxy) is 2. The largest absolute Gasteiger partial charge is 0.511 e. The van der Waals surface area contributed by atoms with Gasteiger partial charge in [-0.3, -0.25) is 0 Å². The van der Waals surface area contributed by atoms with E-state index in [2.05, 4.69) is 0 Å². The summed E-state index contributed by atoms with van der Waals surface area (Å²) in [6.45, 7) is 2.14. The Morgan fingerprint density at radius 3 is 2.36 bits per heavy atom. The molecular formula is C8H17ClO4P+. The molecule has 0 N–H and O–H groups in total. The van der Waals surface area contributed by atoms with Crippen molar-refractivity contribution >= 4 is 19.6 Å². The smallest absolute Gasteiger partial charge is 0.356 e. The van der Waals surface area contributed by atoms with Gasteiger partial charge in [0.15, 0.2) is 11.9 Å². The lowest BCUT2D eigenvalue weighted by atomic mass is 10.3. The van der Waals surface area contributed by atoms with Crippen LogP contribution in [0.3, 0.4) is 0 Å². The SMILES string of the molecule is COC(CC(C)[P+](=O)OCCCl)OC. The third-order valence-corrected chi connectivity index (χ3v) is 3.24. The van der Waals surface area contributed by atoms with E-state index in [0.29, 0.717) is 18.9 Å². The second kappa shape index (κ2) is 8.57. The standard InChI is InChI=1S/C8H17ClO4P/c1-7(6-8(11-2)12-3)14(10)13-5-4-9/h7-8H,4-6H2,1-3H3/q+1. The molecule has 0 bridgehead atoms. The van der Waals surface area contributed by atoms with Gasteiger partial charge < -0.3 is 9.47 Å². The number of alkyl halides is 1. The van der Waals surface area contributed by atoms with Gasteiger partial charge in [0.1, 0.15) is 6.61 Å². The number of hydrogen-bond acceptors (Lipinski definition) is 4. The van der Waals surface area contributed by atoms with E-state index in [1.807, 2.05) is 6.92 Å². The molecule has 0 heterocycles. The Balaban J connectivity index is 3.81. The molecule has 0 radical (unpaired) electrons.